The molecular formula is C14H18N4O2. The van der Waals surface area contributed by atoms with E-state index in [0.29, 0.717) is 23.0 Å². The van der Waals surface area contributed by atoms with E-state index in [0.717, 1.165) is 5.69 Å². The Morgan fingerprint density at radius 1 is 1.45 bits per heavy atom. The summed E-state index contributed by atoms with van der Waals surface area (Å²) in [6.45, 7) is 6.04. The lowest BCUT2D eigenvalue weighted by atomic mass is 10.1. The van der Waals surface area contributed by atoms with Crippen LogP contribution in [-0.4, -0.2) is 15.9 Å². The third-order valence-corrected chi connectivity index (χ3v) is 2.79. The summed E-state index contributed by atoms with van der Waals surface area (Å²) in [5.41, 5.74) is 7.01. The van der Waals surface area contributed by atoms with Gasteiger partial charge in [-0.1, -0.05) is 13.8 Å². The van der Waals surface area contributed by atoms with Gasteiger partial charge < -0.3 is 15.5 Å². The average Bonchev–Trinajstić information content (AvgIpc) is 2.81. The third-order valence-electron chi connectivity index (χ3n) is 2.79. The van der Waals surface area contributed by atoms with Gasteiger partial charge in [-0.3, -0.25) is 4.79 Å². The largest absolute Gasteiger partial charge is 0.444 e. The Balaban J connectivity index is 2.09. The van der Waals surface area contributed by atoms with Gasteiger partial charge >= 0.3 is 0 Å². The molecule has 0 aliphatic carbocycles. The number of nitrogens with zero attached hydrogens (tertiary/aromatic N) is 2. The zero-order valence-electron chi connectivity index (χ0n) is 11.8. The van der Waals surface area contributed by atoms with E-state index in [1.54, 1.807) is 25.3 Å². The van der Waals surface area contributed by atoms with Gasteiger partial charge in [0.15, 0.2) is 0 Å². The molecule has 1 amide bonds. The lowest BCUT2D eigenvalue weighted by molar-refractivity contribution is 0.0947. The summed E-state index contributed by atoms with van der Waals surface area (Å²) in [6.07, 6.45) is 1.61. The highest BCUT2D eigenvalue weighted by Gasteiger charge is 2.11. The van der Waals surface area contributed by atoms with Crippen molar-refractivity contribution in [3.05, 3.63) is 41.2 Å². The summed E-state index contributed by atoms with van der Waals surface area (Å²) in [6, 6.07) is 3.30. The molecule has 2 aromatic rings. The number of carbonyl (C=O) groups excluding carboxylic acids is 1. The molecule has 0 unspecified atom stereocenters. The van der Waals surface area contributed by atoms with E-state index >= 15 is 0 Å². The van der Waals surface area contributed by atoms with Crippen molar-refractivity contribution in [2.45, 2.75) is 33.2 Å². The van der Waals surface area contributed by atoms with Gasteiger partial charge in [0, 0.05) is 11.3 Å². The van der Waals surface area contributed by atoms with Gasteiger partial charge in [0.05, 0.1) is 12.7 Å². The van der Waals surface area contributed by atoms with Crippen molar-refractivity contribution >= 4 is 11.7 Å². The molecule has 2 rings (SSSR count). The number of aryl methyl sites for hydroxylation is 1. The molecule has 0 aliphatic heterocycles. The molecule has 6 nitrogen and oxygen atoms in total. The van der Waals surface area contributed by atoms with Gasteiger partial charge in [-0.15, -0.1) is 0 Å². The van der Waals surface area contributed by atoms with Crippen LogP contribution in [0.25, 0.3) is 0 Å². The highest BCUT2D eigenvalue weighted by molar-refractivity contribution is 5.94. The van der Waals surface area contributed by atoms with Crippen LogP contribution in [0.3, 0.4) is 0 Å². The van der Waals surface area contributed by atoms with Crippen LogP contribution in [-0.2, 0) is 6.54 Å². The molecular weight excluding hydrogens is 256 g/mol. The monoisotopic (exact) mass is 274 g/mol. The fourth-order valence-corrected chi connectivity index (χ4v) is 1.74. The summed E-state index contributed by atoms with van der Waals surface area (Å²) in [5.74, 6) is 1.51. The van der Waals surface area contributed by atoms with Crippen molar-refractivity contribution in [1.29, 1.82) is 0 Å². The maximum absolute atomic E-state index is 12.1. The van der Waals surface area contributed by atoms with E-state index < -0.39 is 0 Å². The second-order valence-electron chi connectivity index (χ2n) is 4.91. The summed E-state index contributed by atoms with van der Waals surface area (Å²) < 4.78 is 5.29. The highest BCUT2D eigenvalue weighted by Crippen LogP contribution is 2.16. The number of hydrogen-bond acceptors (Lipinski definition) is 5. The Labute approximate surface area is 117 Å². The number of nitrogens with one attached hydrogen (secondary N) is 1. The van der Waals surface area contributed by atoms with Crippen molar-refractivity contribution in [2.75, 3.05) is 5.73 Å². The van der Waals surface area contributed by atoms with Gasteiger partial charge in [0.2, 0.25) is 5.89 Å². The third kappa shape index (κ3) is 3.34. The average molecular weight is 274 g/mol. The number of pyridine rings is 1. The number of aromatic nitrogens is 2. The zero-order valence-corrected chi connectivity index (χ0v) is 11.8. The maximum atomic E-state index is 12.1. The number of nitrogens with two attached hydrogens (primary N) is 1. The molecule has 2 heterocycles. The molecule has 2 aromatic heterocycles. The Morgan fingerprint density at radius 2 is 2.20 bits per heavy atom. The fourth-order valence-electron chi connectivity index (χ4n) is 1.74. The van der Waals surface area contributed by atoms with Crippen LogP contribution in [0.15, 0.2) is 22.7 Å². The summed E-state index contributed by atoms with van der Waals surface area (Å²) in [7, 11) is 0. The van der Waals surface area contributed by atoms with Gasteiger partial charge in [-0.05, 0) is 25.0 Å². The van der Waals surface area contributed by atoms with Crippen molar-refractivity contribution in [3.63, 3.8) is 0 Å². The second kappa shape index (κ2) is 5.73. The SMILES string of the molecule is Cc1cnc(CNC(=O)c2cc(N)nc(C(C)C)c2)o1. The smallest absolute Gasteiger partial charge is 0.251 e. The predicted octanol–water partition coefficient (Wildman–Crippen LogP) is 2.01. The minimum Gasteiger partial charge on any atom is -0.444 e. The molecule has 0 saturated heterocycles. The zero-order chi connectivity index (χ0) is 14.7. The van der Waals surface area contributed by atoms with Crippen LogP contribution < -0.4 is 11.1 Å². The molecule has 0 aliphatic rings. The first-order valence-electron chi connectivity index (χ1n) is 6.42. The summed E-state index contributed by atoms with van der Waals surface area (Å²) in [4.78, 5) is 20.3. The van der Waals surface area contributed by atoms with Gasteiger partial charge in [-0.2, -0.15) is 0 Å². The standard InChI is InChI=1S/C14H18N4O2/c1-8(2)11-4-10(5-12(15)18-11)14(19)17-7-13-16-6-9(3)20-13/h4-6,8H,7H2,1-3H3,(H2,15,18)(H,17,19). The van der Waals surface area contributed by atoms with Gasteiger partial charge in [-0.25, -0.2) is 9.97 Å². The van der Waals surface area contributed by atoms with Crippen molar-refractivity contribution < 1.29 is 9.21 Å². The molecule has 0 radical (unpaired) electrons. The van der Waals surface area contributed by atoms with Crippen LogP contribution in [0.1, 0.15) is 47.5 Å². The number of hydrogen-bond donors (Lipinski definition) is 2. The van der Waals surface area contributed by atoms with Crippen molar-refractivity contribution in [1.82, 2.24) is 15.3 Å². The Kier molecular flexibility index (Phi) is 4.02. The Morgan fingerprint density at radius 3 is 2.80 bits per heavy atom. The predicted molar refractivity (Wildman–Crippen MR) is 75.1 cm³/mol. The van der Waals surface area contributed by atoms with Crippen LogP contribution in [0.2, 0.25) is 0 Å². The molecule has 20 heavy (non-hydrogen) atoms. The first-order valence-corrected chi connectivity index (χ1v) is 6.42. The molecule has 0 aromatic carbocycles. The first kappa shape index (κ1) is 14.0. The minimum absolute atomic E-state index is 0.208. The second-order valence-corrected chi connectivity index (χ2v) is 4.91. The molecule has 0 atom stereocenters. The normalized spacial score (nSPS) is 10.8. The van der Waals surface area contributed by atoms with Gasteiger partial charge in [0.1, 0.15) is 11.6 Å². The number of amides is 1. The molecule has 0 spiro atoms. The molecule has 106 valence electrons. The molecule has 3 N–H and O–H groups in total. The highest BCUT2D eigenvalue weighted by atomic mass is 16.4. The van der Waals surface area contributed by atoms with Crippen molar-refractivity contribution in [3.8, 4) is 0 Å². The Hall–Kier alpha value is -2.37. The lowest BCUT2D eigenvalue weighted by Crippen LogP contribution is -2.23. The van der Waals surface area contributed by atoms with E-state index in [-0.39, 0.29) is 18.4 Å². The Bertz CT molecular complexity index is 619. The number of anilines is 1. The van der Waals surface area contributed by atoms with Crippen LogP contribution in [0, 0.1) is 6.92 Å². The topological polar surface area (TPSA) is 94.0 Å². The molecule has 0 saturated carbocycles. The van der Waals surface area contributed by atoms with Gasteiger partial charge in [0.25, 0.3) is 5.91 Å². The van der Waals surface area contributed by atoms with E-state index in [2.05, 4.69) is 15.3 Å². The van der Waals surface area contributed by atoms with Crippen LogP contribution >= 0.6 is 0 Å². The molecule has 0 fully saturated rings. The number of nitrogen functional groups attached to an aromatic ring is 1. The number of oxazole rings is 1. The van der Waals surface area contributed by atoms with Crippen LogP contribution in [0.5, 0.6) is 0 Å². The summed E-state index contributed by atoms with van der Waals surface area (Å²) in [5, 5.41) is 2.74. The van der Waals surface area contributed by atoms with Crippen LogP contribution in [0.4, 0.5) is 5.82 Å². The van der Waals surface area contributed by atoms with E-state index in [9.17, 15) is 4.79 Å². The first-order chi connectivity index (χ1) is 9.45. The quantitative estimate of drug-likeness (QED) is 0.889. The van der Waals surface area contributed by atoms with Crippen molar-refractivity contribution in [2.24, 2.45) is 0 Å². The van der Waals surface area contributed by atoms with E-state index in [4.69, 9.17) is 10.2 Å². The minimum atomic E-state index is -0.225. The molecule has 6 heteroatoms. The molecule has 0 bridgehead atoms. The van der Waals surface area contributed by atoms with E-state index in [1.165, 1.54) is 0 Å². The number of carbonyl (C=O) groups is 1. The maximum Gasteiger partial charge on any atom is 0.251 e. The summed E-state index contributed by atoms with van der Waals surface area (Å²) >= 11 is 0. The number of rotatable bonds is 4. The lowest BCUT2D eigenvalue weighted by Gasteiger charge is -2.09. The fraction of sp³-hybridized carbons (Fsp3) is 0.357. The van der Waals surface area contributed by atoms with E-state index in [1.807, 2.05) is 13.8 Å².